The van der Waals surface area contributed by atoms with Crippen LogP contribution in [0.5, 0.6) is 0 Å². The van der Waals surface area contributed by atoms with E-state index in [0.717, 1.165) is 35.0 Å². The lowest BCUT2D eigenvalue weighted by atomic mass is 10.1. The van der Waals surface area contributed by atoms with Crippen molar-refractivity contribution in [3.05, 3.63) is 39.3 Å². The zero-order valence-corrected chi connectivity index (χ0v) is 14.7. The summed E-state index contributed by atoms with van der Waals surface area (Å²) in [6, 6.07) is 4.31. The zero-order valence-electron chi connectivity index (χ0n) is 14.7. The van der Waals surface area contributed by atoms with Crippen molar-refractivity contribution < 1.29 is 4.79 Å². The minimum Gasteiger partial charge on any atom is -0.353 e. The van der Waals surface area contributed by atoms with Gasteiger partial charge in [-0.25, -0.2) is 4.98 Å². The minimum absolute atomic E-state index is 0.0280. The Balaban J connectivity index is 1.85. The number of nitrogens with one attached hydrogen (secondary N) is 1. The number of hydrogen-bond donors (Lipinski definition) is 1. The molecule has 0 atom stereocenters. The number of carbonyl (C=O) groups is 1. The van der Waals surface area contributed by atoms with E-state index in [1.807, 2.05) is 26.0 Å². The lowest BCUT2D eigenvalue weighted by Gasteiger charge is -2.15. The third-order valence-electron chi connectivity index (χ3n) is 5.01. The van der Waals surface area contributed by atoms with Gasteiger partial charge in [0.2, 0.25) is 5.91 Å². The van der Waals surface area contributed by atoms with Crippen LogP contribution in [0, 0.1) is 20.8 Å². The smallest absolute Gasteiger partial charge is 0.272 e. The molecule has 1 saturated carbocycles. The van der Waals surface area contributed by atoms with E-state index in [1.165, 1.54) is 12.8 Å². The Morgan fingerprint density at radius 1 is 1.21 bits per heavy atom. The molecule has 1 aromatic carbocycles. The van der Waals surface area contributed by atoms with E-state index in [1.54, 1.807) is 11.5 Å². The zero-order chi connectivity index (χ0) is 17.3. The summed E-state index contributed by atoms with van der Waals surface area (Å²) < 4.78 is 1.69. The topological polar surface area (TPSA) is 64.0 Å². The van der Waals surface area contributed by atoms with Crippen LogP contribution < -0.4 is 10.9 Å². The Labute approximate surface area is 142 Å². The maximum atomic E-state index is 12.5. The lowest BCUT2D eigenvalue weighted by molar-refractivity contribution is -0.121. The quantitative estimate of drug-likeness (QED) is 0.939. The second-order valence-corrected chi connectivity index (χ2v) is 6.88. The summed E-state index contributed by atoms with van der Waals surface area (Å²) in [6.45, 7) is 6.18. The summed E-state index contributed by atoms with van der Waals surface area (Å²) in [7, 11) is 0. The van der Waals surface area contributed by atoms with E-state index in [9.17, 15) is 9.59 Å². The Kier molecular flexibility index (Phi) is 4.69. The summed E-state index contributed by atoms with van der Waals surface area (Å²) in [6.07, 6.45) is 4.85. The molecule has 1 fully saturated rings. The van der Waals surface area contributed by atoms with Crippen molar-refractivity contribution >= 4 is 16.9 Å². The van der Waals surface area contributed by atoms with Gasteiger partial charge in [0.25, 0.3) is 5.56 Å². The van der Waals surface area contributed by atoms with Crippen molar-refractivity contribution in [1.29, 1.82) is 0 Å². The van der Waals surface area contributed by atoms with Crippen molar-refractivity contribution in [3.63, 3.8) is 0 Å². The molecule has 24 heavy (non-hydrogen) atoms. The van der Waals surface area contributed by atoms with E-state index in [4.69, 9.17) is 0 Å². The second kappa shape index (κ2) is 6.75. The van der Waals surface area contributed by atoms with Crippen LogP contribution in [0.2, 0.25) is 0 Å². The van der Waals surface area contributed by atoms with Crippen molar-refractivity contribution in [1.82, 2.24) is 14.9 Å². The number of carbonyl (C=O) groups excluding carboxylic acids is 1. The van der Waals surface area contributed by atoms with Crippen LogP contribution >= 0.6 is 0 Å². The molecule has 0 unspecified atom stereocenters. The third-order valence-corrected chi connectivity index (χ3v) is 5.01. The first-order chi connectivity index (χ1) is 11.5. The van der Waals surface area contributed by atoms with Crippen molar-refractivity contribution in [3.8, 4) is 0 Å². The highest BCUT2D eigenvalue weighted by atomic mass is 16.2. The average molecular weight is 327 g/mol. The van der Waals surface area contributed by atoms with Gasteiger partial charge in [0, 0.05) is 19.0 Å². The van der Waals surface area contributed by atoms with E-state index < -0.39 is 0 Å². The van der Waals surface area contributed by atoms with Crippen molar-refractivity contribution in [2.45, 2.75) is 65.5 Å². The molecular weight excluding hydrogens is 302 g/mol. The maximum Gasteiger partial charge on any atom is 0.272 e. The number of hydrogen-bond acceptors (Lipinski definition) is 3. The molecule has 1 aromatic heterocycles. The monoisotopic (exact) mass is 327 g/mol. The van der Waals surface area contributed by atoms with E-state index >= 15 is 0 Å². The normalized spacial score (nSPS) is 15.1. The highest BCUT2D eigenvalue weighted by Gasteiger charge is 2.17. The molecule has 1 aliphatic carbocycles. The molecule has 3 rings (SSSR count). The first-order valence-electron chi connectivity index (χ1n) is 8.73. The number of aryl methyl sites for hydroxylation is 4. The summed E-state index contributed by atoms with van der Waals surface area (Å²) in [4.78, 5) is 29.1. The summed E-state index contributed by atoms with van der Waals surface area (Å²) in [5, 5.41) is 3.08. The van der Waals surface area contributed by atoms with Crippen molar-refractivity contribution in [2.24, 2.45) is 0 Å². The Morgan fingerprint density at radius 2 is 1.88 bits per heavy atom. The van der Waals surface area contributed by atoms with Gasteiger partial charge in [-0.2, -0.15) is 0 Å². The molecule has 128 valence electrons. The number of rotatable bonds is 4. The fourth-order valence-corrected chi connectivity index (χ4v) is 3.43. The number of nitrogens with zero attached hydrogens (tertiary/aromatic N) is 2. The molecule has 0 bridgehead atoms. The molecule has 0 aliphatic heterocycles. The summed E-state index contributed by atoms with van der Waals surface area (Å²) in [5.41, 5.74) is 4.26. The first kappa shape index (κ1) is 16.7. The molecule has 1 amide bonds. The van der Waals surface area contributed by atoms with Crippen molar-refractivity contribution in [2.75, 3.05) is 0 Å². The van der Waals surface area contributed by atoms with Gasteiger partial charge in [0.15, 0.2) is 0 Å². The molecular formula is C19H25N3O2. The van der Waals surface area contributed by atoms with Crippen LogP contribution in [0.4, 0.5) is 0 Å². The van der Waals surface area contributed by atoms with E-state index in [-0.39, 0.29) is 11.5 Å². The van der Waals surface area contributed by atoms with Gasteiger partial charge >= 0.3 is 0 Å². The van der Waals surface area contributed by atoms with Gasteiger partial charge in [0.05, 0.1) is 11.0 Å². The van der Waals surface area contributed by atoms with Crippen LogP contribution in [-0.2, 0) is 11.3 Å². The van der Waals surface area contributed by atoms with Gasteiger partial charge in [-0.15, -0.1) is 0 Å². The largest absolute Gasteiger partial charge is 0.353 e. The van der Waals surface area contributed by atoms with Crippen LogP contribution in [0.15, 0.2) is 16.9 Å². The molecule has 1 aliphatic rings. The predicted octanol–water partition coefficient (Wildman–Crippen LogP) is 2.77. The number of benzene rings is 1. The van der Waals surface area contributed by atoms with E-state index in [0.29, 0.717) is 24.7 Å². The highest BCUT2D eigenvalue weighted by Crippen LogP contribution is 2.19. The number of amides is 1. The maximum absolute atomic E-state index is 12.5. The van der Waals surface area contributed by atoms with Crippen LogP contribution in [-0.4, -0.2) is 21.5 Å². The Morgan fingerprint density at radius 3 is 2.58 bits per heavy atom. The fourth-order valence-electron chi connectivity index (χ4n) is 3.43. The molecule has 5 heteroatoms. The van der Waals surface area contributed by atoms with Crippen LogP contribution in [0.3, 0.4) is 0 Å². The predicted molar refractivity (Wildman–Crippen MR) is 95.2 cm³/mol. The Bertz CT molecular complexity index is 833. The van der Waals surface area contributed by atoms with Gasteiger partial charge in [-0.05, 0) is 56.9 Å². The van der Waals surface area contributed by atoms with Gasteiger partial charge < -0.3 is 9.88 Å². The third kappa shape index (κ3) is 3.35. The number of aromatic nitrogens is 2. The highest BCUT2D eigenvalue weighted by molar-refractivity contribution is 5.78. The van der Waals surface area contributed by atoms with Crippen LogP contribution in [0.25, 0.3) is 11.0 Å². The van der Waals surface area contributed by atoms with E-state index in [2.05, 4.69) is 10.3 Å². The SMILES string of the molecule is Cc1cc2nc(C)c(=O)n(CCC(=O)NC3CCCC3)c2cc1C. The fraction of sp³-hybridized carbons (Fsp3) is 0.526. The van der Waals surface area contributed by atoms with Gasteiger partial charge in [0.1, 0.15) is 5.69 Å². The average Bonchev–Trinajstić information content (AvgIpc) is 3.03. The Hall–Kier alpha value is -2.17. The first-order valence-corrected chi connectivity index (χ1v) is 8.73. The molecule has 1 N–H and O–H groups in total. The lowest BCUT2D eigenvalue weighted by Crippen LogP contribution is -2.34. The number of fused-ring (bicyclic) bond motifs is 1. The standard InChI is InChI=1S/C19H25N3O2/c1-12-10-16-17(11-13(12)2)22(19(24)14(3)20-16)9-8-18(23)21-15-6-4-5-7-15/h10-11,15H,4-9H2,1-3H3,(H,21,23). The molecule has 5 nitrogen and oxygen atoms in total. The second-order valence-electron chi connectivity index (χ2n) is 6.88. The molecule has 0 radical (unpaired) electrons. The molecule has 1 heterocycles. The molecule has 2 aromatic rings. The molecule has 0 spiro atoms. The minimum atomic E-state index is -0.112. The van der Waals surface area contributed by atoms with Gasteiger partial charge in [-0.3, -0.25) is 9.59 Å². The summed E-state index contributed by atoms with van der Waals surface area (Å²) >= 11 is 0. The molecule has 0 saturated heterocycles. The summed E-state index contributed by atoms with van der Waals surface area (Å²) in [5.74, 6) is 0.0280. The van der Waals surface area contributed by atoms with Gasteiger partial charge in [-0.1, -0.05) is 12.8 Å². The van der Waals surface area contributed by atoms with Crippen LogP contribution in [0.1, 0.15) is 48.9 Å².